The maximum atomic E-state index is 4.53. The van der Waals surface area contributed by atoms with E-state index in [0.717, 1.165) is 5.52 Å². The molecule has 0 aliphatic carbocycles. The monoisotopic (exact) mass is 329 g/mol. The number of hydrogen-bond acceptors (Lipinski definition) is 1. The molecule has 1 heteroatoms. The van der Waals surface area contributed by atoms with Crippen LogP contribution in [-0.4, -0.2) is 4.98 Å². The van der Waals surface area contributed by atoms with E-state index in [0.29, 0.717) is 0 Å². The van der Waals surface area contributed by atoms with E-state index in [-0.39, 0.29) is 0 Å². The van der Waals surface area contributed by atoms with Crippen molar-refractivity contribution >= 4 is 43.2 Å². The van der Waals surface area contributed by atoms with Crippen LogP contribution in [0.1, 0.15) is 0 Å². The summed E-state index contributed by atoms with van der Waals surface area (Å²) in [5.41, 5.74) is 3.52. The lowest BCUT2D eigenvalue weighted by Gasteiger charge is -2.14. The first-order valence-electron chi connectivity index (χ1n) is 8.90. The molecule has 5 aromatic carbocycles. The van der Waals surface area contributed by atoms with Gasteiger partial charge in [-0.3, -0.25) is 4.98 Å². The molecule has 0 atom stereocenters. The normalized spacial score (nSPS) is 11.8. The van der Waals surface area contributed by atoms with E-state index in [2.05, 4.69) is 83.8 Å². The summed E-state index contributed by atoms with van der Waals surface area (Å²) in [6, 6.07) is 30.6. The van der Waals surface area contributed by atoms with Crippen LogP contribution in [0, 0.1) is 0 Å². The number of fused-ring (bicyclic) bond motifs is 1. The molecular weight excluding hydrogens is 314 g/mol. The minimum atomic E-state index is 1.04. The first-order valence-corrected chi connectivity index (χ1v) is 8.90. The van der Waals surface area contributed by atoms with Gasteiger partial charge in [0.15, 0.2) is 0 Å². The third-order valence-corrected chi connectivity index (χ3v) is 5.45. The highest BCUT2D eigenvalue weighted by Crippen LogP contribution is 2.39. The first kappa shape index (κ1) is 13.8. The molecule has 0 amide bonds. The van der Waals surface area contributed by atoms with Gasteiger partial charge in [-0.25, -0.2) is 0 Å². The number of benzene rings is 5. The quantitative estimate of drug-likeness (QED) is 0.302. The lowest BCUT2D eigenvalue weighted by atomic mass is 9.90. The molecule has 0 aliphatic rings. The largest absolute Gasteiger partial charge is 0.256 e. The maximum Gasteiger partial charge on any atom is 0.0708 e. The van der Waals surface area contributed by atoms with Gasteiger partial charge in [0.2, 0.25) is 0 Å². The summed E-state index contributed by atoms with van der Waals surface area (Å²) in [6.07, 6.45) is 1.86. The molecule has 6 aromatic rings. The SMILES string of the molecule is c1cnc2cc(-c3ccc4ccc5cccc6ccc3c4c56)ccc2c1. The third kappa shape index (κ3) is 1.83. The maximum absolute atomic E-state index is 4.53. The van der Waals surface area contributed by atoms with Crippen molar-refractivity contribution < 1.29 is 0 Å². The zero-order valence-corrected chi connectivity index (χ0v) is 14.1. The van der Waals surface area contributed by atoms with E-state index < -0.39 is 0 Å². The van der Waals surface area contributed by atoms with Crippen molar-refractivity contribution in [2.45, 2.75) is 0 Å². The summed E-state index contributed by atoms with van der Waals surface area (Å²) in [6.45, 7) is 0. The van der Waals surface area contributed by atoms with Crippen LogP contribution in [0.4, 0.5) is 0 Å². The molecule has 0 radical (unpaired) electrons. The van der Waals surface area contributed by atoms with Crippen LogP contribution in [0.15, 0.2) is 91.1 Å². The Morgan fingerprint density at radius 2 is 1.23 bits per heavy atom. The van der Waals surface area contributed by atoms with Gasteiger partial charge in [0, 0.05) is 11.6 Å². The number of aromatic nitrogens is 1. The van der Waals surface area contributed by atoms with Crippen LogP contribution in [0.25, 0.3) is 54.3 Å². The van der Waals surface area contributed by atoms with Crippen LogP contribution < -0.4 is 0 Å². The second-order valence-electron chi connectivity index (χ2n) is 6.88. The van der Waals surface area contributed by atoms with Crippen molar-refractivity contribution in [3.8, 4) is 11.1 Å². The molecule has 0 bridgehead atoms. The minimum absolute atomic E-state index is 1.04. The van der Waals surface area contributed by atoms with Crippen LogP contribution in [0.2, 0.25) is 0 Å². The molecule has 1 heterocycles. The molecule has 0 aliphatic heterocycles. The summed E-state index contributed by atoms with van der Waals surface area (Å²) in [5.74, 6) is 0. The predicted molar refractivity (Wildman–Crippen MR) is 111 cm³/mol. The molecule has 0 fully saturated rings. The van der Waals surface area contributed by atoms with Crippen molar-refractivity contribution in [3.63, 3.8) is 0 Å². The van der Waals surface area contributed by atoms with E-state index in [1.807, 2.05) is 12.3 Å². The lowest BCUT2D eigenvalue weighted by Crippen LogP contribution is -1.87. The lowest BCUT2D eigenvalue weighted by molar-refractivity contribution is 1.41. The van der Waals surface area contributed by atoms with Crippen LogP contribution in [0.5, 0.6) is 0 Å². The second-order valence-corrected chi connectivity index (χ2v) is 6.88. The van der Waals surface area contributed by atoms with Gasteiger partial charge in [-0.1, -0.05) is 72.8 Å². The van der Waals surface area contributed by atoms with Crippen molar-refractivity contribution in [2.24, 2.45) is 0 Å². The van der Waals surface area contributed by atoms with Crippen LogP contribution >= 0.6 is 0 Å². The van der Waals surface area contributed by atoms with Gasteiger partial charge in [-0.2, -0.15) is 0 Å². The smallest absolute Gasteiger partial charge is 0.0708 e. The average molecular weight is 329 g/mol. The summed E-state index contributed by atoms with van der Waals surface area (Å²) in [5, 5.41) is 9.11. The van der Waals surface area contributed by atoms with Crippen molar-refractivity contribution in [3.05, 3.63) is 91.1 Å². The van der Waals surface area contributed by atoms with Gasteiger partial charge in [-0.15, -0.1) is 0 Å². The minimum Gasteiger partial charge on any atom is -0.256 e. The average Bonchev–Trinajstić information content (AvgIpc) is 2.71. The Hall–Kier alpha value is -3.45. The number of nitrogens with zero attached hydrogens (tertiary/aromatic N) is 1. The Labute approximate surface area is 150 Å². The summed E-state index contributed by atoms with van der Waals surface area (Å²) >= 11 is 0. The van der Waals surface area contributed by atoms with Crippen LogP contribution in [-0.2, 0) is 0 Å². The molecule has 1 nitrogen and oxygen atoms in total. The van der Waals surface area contributed by atoms with Gasteiger partial charge < -0.3 is 0 Å². The van der Waals surface area contributed by atoms with E-state index in [1.165, 1.54) is 48.8 Å². The molecule has 26 heavy (non-hydrogen) atoms. The molecular formula is C25H15N. The highest BCUT2D eigenvalue weighted by Gasteiger charge is 2.12. The molecule has 0 N–H and O–H groups in total. The van der Waals surface area contributed by atoms with Gasteiger partial charge in [0.25, 0.3) is 0 Å². The van der Waals surface area contributed by atoms with E-state index in [4.69, 9.17) is 0 Å². The van der Waals surface area contributed by atoms with Gasteiger partial charge in [0.05, 0.1) is 5.52 Å². The Kier molecular flexibility index (Phi) is 2.67. The number of rotatable bonds is 1. The Balaban J connectivity index is 1.75. The molecule has 1 aromatic heterocycles. The van der Waals surface area contributed by atoms with E-state index in [9.17, 15) is 0 Å². The highest BCUT2D eigenvalue weighted by molar-refractivity contribution is 6.25. The third-order valence-electron chi connectivity index (χ3n) is 5.45. The number of hydrogen-bond donors (Lipinski definition) is 0. The van der Waals surface area contributed by atoms with Gasteiger partial charge in [0.1, 0.15) is 0 Å². The fraction of sp³-hybridized carbons (Fsp3) is 0. The van der Waals surface area contributed by atoms with Gasteiger partial charge >= 0.3 is 0 Å². The Morgan fingerprint density at radius 3 is 2.12 bits per heavy atom. The summed E-state index contributed by atoms with van der Waals surface area (Å²) in [7, 11) is 0. The molecule has 0 unspecified atom stereocenters. The molecule has 0 spiro atoms. The standard InChI is InChI=1S/C25H15N/c1-3-17-7-8-19-10-12-21(22-13-11-18(4-1)24(17)25(19)22)20-9-6-16-5-2-14-26-23(16)15-20/h1-15H. The van der Waals surface area contributed by atoms with Crippen LogP contribution in [0.3, 0.4) is 0 Å². The fourth-order valence-electron chi connectivity index (χ4n) is 4.22. The zero-order valence-electron chi connectivity index (χ0n) is 14.1. The summed E-state index contributed by atoms with van der Waals surface area (Å²) < 4.78 is 0. The molecule has 6 rings (SSSR count). The van der Waals surface area contributed by atoms with E-state index >= 15 is 0 Å². The highest BCUT2D eigenvalue weighted by atomic mass is 14.6. The second kappa shape index (κ2) is 5.03. The van der Waals surface area contributed by atoms with E-state index in [1.54, 1.807) is 0 Å². The van der Waals surface area contributed by atoms with Crippen molar-refractivity contribution in [1.29, 1.82) is 0 Å². The summed E-state index contributed by atoms with van der Waals surface area (Å²) in [4.78, 5) is 4.53. The van der Waals surface area contributed by atoms with Crippen molar-refractivity contribution in [2.75, 3.05) is 0 Å². The molecule has 0 saturated heterocycles. The van der Waals surface area contributed by atoms with Gasteiger partial charge in [-0.05, 0) is 55.6 Å². The Bertz CT molecular complexity index is 1410. The molecule has 120 valence electrons. The topological polar surface area (TPSA) is 12.9 Å². The fourth-order valence-corrected chi connectivity index (χ4v) is 4.22. The number of pyridine rings is 1. The molecule has 0 saturated carbocycles. The predicted octanol–water partition coefficient (Wildman–Crippen LogP) is 6.80. The first-order chi connectivity index (χ1) is 12.9. The van der Waals surface area contributed by atoms with Crippen molar-refractivity contribution in [1.82, 2.24) is 4.98 Å². The zero-order chi connectivity index (χ0) is 17.1. The Morgan fingerprint density at radius 1 is 0.538 bits per heavy atom.